The molecule has 0 saturated carbocycles. The van der Waals surface area contributed by atoms with E-state index in [9.17, 15) is 0 Å². The van der Waals surface area contributed by atoms with Gasteiger partial charge in [0.15, 0.2) is 17.5 Å². The number of pyridine rings is 1. The molecule has 0 atom stereocenters. The summed E-state index contributed by atoms with van der Waals surface area (Å²) >= 11 is 1.80. The number of benzene rings is 7. The highest BCUT2D eigenvalue weighted by Gasteiger charge is 2.17. The van der Waals surface area contributed by atoms with Crippen LogP contribution >= 0.6 is 11.3 Å². The zero-order chi connectivity index (χ0) is 32.3. The van der Waals surface area contributed by atoms with Gasteiger partial charge in [-0.05, 0) is 63.3 Å². The van der Waals surface area contributed by atoms with E-state index in [0.29, 0.717) is 17.5 Å². The molecule has 10 rings (SSSR count). The quantitative estimate of drug-likeness (QED) is 0.192. The van der Waals surface area contributed by atoms with Crippen molar-refractivity contribution in [3.05, 3.63) is 158 Å². The molecule has 49 heavy (non-hydrogen) atoms. The minimum Gasteiger partial charge on any atom is -0.256 e. The number of aromatic nitrogens is 4. The van der Waals surface area contributed by atoms with E-state index in [1.807, 2.05) is 12.3 Å². The lowest BCUT2D eigenvalue weighted by atomic mass is 10.0. The van der Waals surface area contributed by atoms with Crippen LogP contribution < -0.4 is 0 Å². The Morgan fingerprint density at radius 3 is 1.76 bits per heavy atom. The van der Waals surface area contributed by atoms with Gasteiger partial charge < -0.3 is 0 Å². The zero-order valence-electron chi connectivity index (χ0n) is 26.2. The Morgan fingerprint density at radius 2 is 0.959 bits per heavy atom. The fourth-order valence-electron chi connectivity index (χ4n) is 6.83. The monoisotopic (exact) mass is 642 g/mol. The van der Waals surface area contributed by atoms with Gasteiger partial charge >= 0.3 is 0 Å². The Labute approximate surface area is 286 Å². The number of hydrogen-bond acceptors (Lipinski definition) is 5. The topological polar surface area (TPSA) is 51.6 Å². The second-order valence-electron chi connectivity index (χ2n) is 12.3. The molecule has 0 unspecified atom stereocenters. The molecule has 10 aromatic rings. The van der Waals surface area contributed by atoms with Crippen LogP contribution in [0.3, 0.4) is 0 Å². The van der Waals surface area contributed by atoms with E-state index >= 15 is 0 Å². The first-order valence-corrected chi connectivity index (χ1v) is 17.1. The van der Waals surface area contributed by atoms with Crippen LogP contribution in [0.25, 0.3) is 97.9 Å². The predicted octanol–water partition coefficient (Wildman–Crippen LogP) is 11.8. The Morgan fingerprint density at radius 1 is 0.388 bits per heavy atom. The van der Waals surface area contributed by atoms with E-state index < -0.39 is 0 Å². The van der Waals surface area contributed by atoms with Gasteiger partial charge in [-0.3, -0.25) is 4.98 Å². The number of nitrogens with zero attached hydrogens (tertiary/aromatic N) is 4. The first-order chi connectivity index (χ1) is 24.2. The van der Waals surface area contributed by atoms with Crippen LogP contribution in [0.2, 0.25) is 0 Å². The van der Waals surface area contributed by atoms with Crippen LogP contribution in [0.4, 0.5) is 0 Å². The molecule has 0 aliphatic carbocycles. The van der Waals surface area contributed by atoms with E-state index in [2.05, 4.69) is 146 Å². The van der Waals surface area contributed by atoms with E-state index in [-0.39, 0.29) is 0 Å². The maximum atomic E-state index is 5.19. The second-order valence-corrected chi connectivity index (χ2v) is 13.4. The standard InChI is InChI=1S/C44H26N4S/c1-2-9-29-22-32(20-17-27(29)8-1)42-46-43(48-44(47-42)37-13-7-15-40-41(37)36-12-5-6-14-39(36)49-40)33-21-18-28-16-19-31(23-35(28)24-33)38-25-30-10-3-4-11-34(30)26-45-38/h1-26H. The lowest BCUT2D eigenvalue weighted by Crippen LogP contribution is -2.00. The highest BCUT2D eigenvalue weighted by molar-refractivity contribution is 7.25. The summed E-state index contributed by atoms with van der Waals surface area (Å²) in [6.07, 6.45) is 1.95. The Balaban J connectivity index is 1.17. The summed E-state index contributed by atoms with van der Waals surface area (Å²) < 4.78 is 2.47. The predicted molar refractivity (Wildman–Crippen MR) is 205 cm³/mol. The molecule has 0 saturated heterocycles. The van der Waals surface area contributed by atoms with Crippen molar-refractivity contribution in [1.29, 1.82) is 0 Å². The second kappa shape index (κ2) is 11.2. The van der Waals surface area contributed by atoms with Crippen LogP contribution in [-0.2, 0) is 0 Å². The lowest BCUT2D eigenvalue weighted by molar-refractivity contribution is 1.08. The molecular formula is C44H26N4S. The Hall–Kier alpha value is -6.30. The number of rotatable bonds is 4. The smallest absolute Gasteiger partial charge is 0.164 e. The number of hydrogen-bond donors (Lipinski definition) is 0. The zero-order valence-corrected chi connectivity index (χ0v) is 27.0. The van der Waals surface area contributed by atoms with Crippen LogP contribution in [0.5, 0.6) is 0 Å². The van der Waals surface area contributed by atoms with Gasteiger partial charge in [0.1, 0.15) is 0 Å². The van der Waals surface area contributed by atoms with Gasteiger partial charge in [-0.15, -0.1) is 11.3 Å². The average molecular weight is 643 g/mol. The highest BCUT2D eigenvalue weighted by Crippen LogP contribution is 2.40. The SMILES string of the molecule is c1ccc2cc(-c3nc(-c4ccc5ccc(-c6cc7ccccc7cn6)cc5c4)nc(-c4cccc5sc6ccccc6c45)n3)ccc2c1. The van der Waals surface area contributed by atoms with E-state index in [4.69, 9.17) is 19.9 Å². The van der Waals surface area contributed by atoms with Crippen molar-refractivity contribution in [2.75, 3.05) is 0 Å². The summed E-state index contributed by atoms with van der Waals surface area (Å²) in [5.74, 6) is 1.95. The lowest BCUT2D eigenvalue weighted by Gasteiger charge is -2.11. The number of fused-ring (bicyclic) bond motifs is 6. The Kier molecular flexibility index (Phi) is 6.32. The van der Waals surface area contributed by atoms with Gasteiger partial charge in [0.05, 0.1) is 5.69 Å². The third-order valence-electron chi connectivity index (χ3n) is 9.31. The third-order valence-corrected chi connectivity index (χ3v) is 10.4. The minimum atomic E-state index is 0.640. The van der Waals surface area contributed by atoms with Gasteiger partial charge in [0.2, 0.25) is 0 Å². The summed E-state index contributed by atoms with van der Waals surface area (Å²) in [4.78, 5) is 20.3. The van der Waals surface area contributed by atoms with Crippen LogP contribution in [-0.4, -0.2) is 19.9 Å². The van der Waals surface area contributed by atoms with Gasteiger partial charge in [0.25, 0.3) is 0 Å². The van der Waals surface area contributed by atoms with E-state index in [1.54, 1.807) is 11.3 Å². The van der Waals surface area contributed by atoms with Crippen molar-refractivity contribution < 1.29 is 0 Å². The molecule has 0 fully saturated rings. The highest BCUT2D eigenvalue weighted by atomic mass is 32.1. The fraction of sp³-hybridized carbons (Fsp3) is 0. The molecule has 0 bridgehead atoms. The van der Waals surface area contributed by atoms with Crippen LogP contribution in [0.15, 0.2) is 158 Å². The largest absolute Gasteiger partial charge is 0.256 e. The third kappa shape index (κ3) is 4.83. The first-order valence-electron chi connectivity index (χ1n) is 16.3. The van der Waals surface area contributed by atoms with E-state index in [1.165, 1.54) is 30.9 Å². The average Bonchev–Trinajstić information content (AvgIpc) is 3.56. The summed E-state index contributed by atoms with van der Waals surface area (Å²) in [6.45, 7) is 0. The molecule has 0 aliphatic rings. The molecule has 7 aromatic carbocycles. The van der Waals surface area contributed by atoms with Crippen molar-refractivity contribution >= 4 is 63.8 Å². The summed E-state index contributed by atoms with van der Waals surface area (Å²) in [7, 11) is 0. The normalized spacial score (nSPS) is 11.7. The van der Waals surface area contributed by atoms with Crippen LogP contribution in [0, 0.1) is 0 Å². The van der Waals surface area contributed by atoms with E-state index in [0.717, 1.165) is 49.5 Å². The van der Waals surface area contributed by atoms with Gasteiger partial charge in [-0.1, -0.05) is 115 Å². The van der Waals surface area contributed by atoms with Crippen LogP contribution in [0.1, 0.15) is 0 Å². The molecule has 0 radical (unpaired) electrons. The van der Waals surface area contributed by atoms with Gasteiger partial charge in [-0.2, -0.15) is 0 Å². The molecule has 228 valence electrons. The molecule has 0 spiro atoms. The minimum absolute atomic E-state index is 0.640. The molecule has 5 heteroatoms. The molecule has 3 aromatic heterocycles. The maximum absolute atomic E-state index is 5.19. The van der Waals surface area contributed by atoms with Gasteiger partial charge in [-0.25, -0.2) is 15.0 Å². The van der Waals surface area contributed by atoms with Crippen molar-refractivity contribution in [1.82, 2.24) is 19.9 Å². The van der Waals surface area contributed by atoms with Crippen molar-refractivity contribution in [3.63, 3.8) is 0 Å². The van der Waals surface area contributed by atoms with Crippen molar-refractivity contribution in [3.8, 4) is 45.4 Å². The molecule has 0 N–H and O–H groups in total. The number of thiophene rings is 1. The molecular weight excluding hydrogens is 617 g/mol. The summed E-state index contributed by atoms with van der Waals surface area (Å²) in [6, 6.07) is 53.2. The molecule has 0 amide bonds. The maximum Gasteiger partial charge on any atom is 0.164 e. The Bertz CT molecular complexity index is 2910. The molecule has 0 aliphatic heterocycles. The first kappa shape index (κ1) is 27.8. The molecule has 4 nitrogen and oxygen atoms in total. The van der Waals surface area contributed by atoms with Crippen molar-refractivity contribution in [2.45, 2.75) is 0 Å². The van der Waals surface area contributed by atoms with Crippen molar-refractivity contribution in [2.24, 2.45) is 0 Å². The summed E-state index contributed by atoms with van der Waals surface area (Å²) in [5, 5.41) is 9.28. The summed E-state index contributed by atoms with van der Waals surface area (Å²) in [5.41, 5.74) is 4.91. The fourth-order valence-corrected chi connectivity index (χ4v) is 7.96. The van der Waals surface area contributed by atoms with Gasteiger partial charge in [0, 0.05) is 54.0 Å². The molecule has 3 heterocycles.